The lowest BCUT2D eigenvalue weighted by Crippen LogP contribution is -2.29. The number of aliphatic hydroxyl groups excluding tert-OH is 1. The van der Waals surface area contributed by atoms with E-state index in [2.05, 4.69) is 0 Å². The number of nitrogens with two attached hydrogens (primary N) is 1. The molecule has 2 aliphatic rings. The van der Waals surface area contributed by atoms with Gasteiger partial charge in [0, 0.05) is 11.3 Å². The van der Waals surface area contributed by atoms with E-state index in [9.17, 15) is 23.1 Å². The van der Waals surface area contributed by atoms with E-state index in [4.69, 9.17) is 9.88 Å². The molecule has 0 saturated carbocycles. The zero-order valence-electron chi connectivity index (χ0n) is 18.5. The Morgan fingerprint density at radius 3 is 2.40 bits per heavy atom. The van der Waals surface area contributed by atoms with E-state index in [-0.39, 0.29) is 16.2 Å². The molecule has 1 fully saturated rings. The number of ether oxygens (including phenoxy) is 1. The molecule has 0 spiro atoms. The van der Waals surface area contributed by atoms with Gasteiger partial charge in [-0.2, -0.15) is 0 Å². The number of primary sulfonamides is 1. The molecule has 0 aromatic heterocycles. The van der Waals surface area contributed by atoms with Crippen molar-refractivity contribution in [2.45, 2.75) is 23.8 Å². The van der Waals surface area contributed by atoms with Gasteiger partial charge in [0.2, 0.25) is 10.0 Å². The van der Waals surface area contributed by atoms with Crippen LogP contribution >= 0.6 is 0 Å². The minimum atomic E-state index is -3.93. The van der Waals surface area contributed by atoms with Crippen LogP contribution in [0, 0.1) is 0 Å². The third kappa shape index (κ3) is 4.09. The molecule has 9 heteroatoms. The van der Waals surface area contributed by atoms with Crippen LogP contribution in [0.2, 0.25) is 0 Å². The van der Waals surface area contributed by atoms with Crippen molar-refractivity contribution in [1.29, 1.82) is 0 Å². The molecular weight excluding hydrogens is 468 g/mol. The van der Waals surface area contributed by atoms with Crippen LogP contribution in [0.1, 0.15) is 29.2 Å². The monoisotopic (exact) mass is 490 g/mol. The van der Waals surface area contributed by atoms with E-state index in [1.807, 2.05) is 0 Å². The predicted octanol–water partition coefficient (Wildman–Crippen LogP) is 3.29. The largest absolute Gasteiger partial charge is 0.507 e. The maximum Gasteiger partial charge on any atom is 0.300 e. The van der Waals surface area contributed by atoms with E-state index in [0.717, 1.165) is 24.2 Å². The summed E-state index contributed by atoms with van der Waals surface area (Å²) >= 11 is 0. The van der Waals surface area contributed by atoms with Crippen molar-refractivity contribution >= 4 is 33.2 Å². The van der Waals surface area contributed by atoms with Crippen LogP contribution in [0.25, 0.3) is 5.76 Å². The van der Waals surface area contributed by atoms with Gasteiger partial charge in [-0.05, 0) is 66.4 Å². The highest BCUT2D eigenvalue weighted by molar-refractivity contribution is 7.89. The van der Waals surface area contributed by atoms with Gasteiger partial charge in [-0.3, -0.25) is 14.5 Å². The second kappa shape index (κ2) is 8.68. The first-order chi connectivity index (χ1) is 16.8. The van der Waals surface area contributed by atoms with Crippen LogP contribution in [0.15, 0.2) is 83.3 Å². The molecule has 0 aliphatic carbocycles. The van der Waals surface area contributed by atoms with Crippen LogP contribution in [0.5, 0.6) is 5.75 Å². The highest BCUT2D eigenvalue weighted by Gasteiger charge is 2.47. The number of sulfonamides is 1. The molecule has 3 aromatic rings. The molecule has 3 aromatic carbocycles. The number of hydrogen-bond donors (Lipinski definition) is 2. The predicted molar refractivity (Wildman–Crippen MR) is 129 cm³/mol. The maximum absolute atomic E-state index is 13.3. The Bertz CT molecular complexity index is 1460. The Hall–Kier alpha value is -3.95. The number of carbonyl (C=O) groups excluding carboxylic acids is 2. The summed E-state index contributed by atoms with van der Waals surface area (Å²) in [5, 5.41) is 16.5. The number of anilines is 1. The lowest BCUT2D eigenvalue weighted by Gasteiger charge is -2.25. The standard InChI is InChI=1S/C26H22N2O6S/c27-35(32,33)20-11-9-19(10-12-20)28-23(16-5-2-1-3-6-16)22(25(30)26(28)31)24(29)18-8-13-21-17(15-18)7-4-14-34-21/h1-3,5-6,8-13,15,23,29H,4,7,14H2,(H2,27,32,33)/b24-22-. The van der Waals surface area contributed by atoms with Gasteiger partial charge in [-0.25, -0.2) is 13.6 Å². The lowest BCUT2D eigenvalue weighted by molar-refractivity contribution is -0.132. The number of hydrogen-bond acceptors (Lipinski definition) is 6. The molecule has 5 rings (SSSR count). The molecule has 1 saturated heterocycles. The molecule has 178 valence electrons. The Morgan fingerprint density at radius 2 is 1.71 bits per heavy atom. The fourth-order valence-corrected chi connectivity index (χ4v) is 5.02. The van der Waals surface area contributed by atoms with Crippen LogP contribution < -0.4 is 14.8 Å². The highest BCUT2D eigenvalue weighted by atomic mass is 32.2. The first kappa shape index (κ1) is 22.8. The summed E-state index contributed by atoms with van der Waals surface area (Å²) in [6, 6.07) is 18.5. The SMILES string of the molecule is NS(=O)(=O)c1ccc(N2C(=O)C(=O)/C(=C(\O)c3ccc4c(c3)CCCO4)C2c2ccccc2)cc1. The topological polar surface area (TPSA) is 127 Å². The molecule has 2 aliphatic heterocycles. The Balaban J connectivity index is 1.66. The third-order valence-electron chi connectivity index (χ3n) is 6.19. The molecule has 2 heterocycles. The van der Waals surface area contributed by atoms with Gasteiger partial charge in [-0.15, -0.1) is 0 Å². The third-order valence-corrected chi connectivity index (χ3v) is 7.11. The van der Waals surface area contributed by atoms with Crippen molar-refractivity contribution < 1.29 is 27.9 Å². The lowest BCUT2D eigenvalue weighted by atomic mass is 9.94. The maximum atomic E-state index is 13.3. The van der Waals surface area contributed by atoms with Gasteiger partial charge >= 0.3 is 0 Å². The summed E-state index contributed by atoms with van der Waals surface area (Å²) < 4.78 is 29.0. The molecular formula is C26H22N2O6S. The molecule has 1 amide bonds. The van der Waals surface area contributed by atoms with E-state index in [0.29, 0.717) is 23.4 Å². The molecule has 35 heavy (non-hydrogen) atoms. The summed E-state index contributed by atoms with van der Waals surface area (Å²) in [4.78, 5) is 27.6. The molecule has 1 atom stereocenters. The summed E-state index contributed by atoms with van der Waals surface area (Å²) in [6.07, 6.45) is 1.63. The van der Waals surface area contributed by atoms with Crippen LogP contribution in [-0.4, -0.2) is 31.8 Å². The van der Waals surface area contributed by atoms with Crippen molar-refractivity contribution in [2.75, 3.05) is 11.5 Å². The summed E-state index contributed by atoms with van der Waals surface area (Å²) in [6.45, 7) is 0.627. The highest BCUT2D eigenvalue weighted by Crippen LogP contribution is 2.42. The first-order valence-electron chi connectivity index (χ1n) is 11.0. The fraction of sp³-hybridized carbons (Fsp3) is 0.154. The Morgan fingerprint density at radius 1 is 1.00 bits per heavy atom. The molecule has 0 radical (unpaired) electrons. The van der Waals surface area contributed by atoms with Crippen LogP contribution in [0.4, 0.5) is 5.69 Å². The number of carbonyl (C=O) groups is 2. The van der Waals surface area contributed by atoms with Crippen molar-refractivity contribution in [1.82, 2.24) is 0 Å². The van der Waals surface area contributed by atoms with E-state index in [1.165, 1.54) is 29.2 Å². The van der Waals surface area contributed by atoms with Gasteiger partial charge < -0.3 is 9.84 Å². The minimum absolute atomic E-state index is 0.0478. The summed E-state index contributed by atoms with van der Waals surface area (Å²) in [5.41, 5.74) is 2.20. The molecule has 3 N–H and O–H groups in total. The number of aliphatic hydroxyl groups is 1. The van der Waals surface area contributed by atoms with Crippen molar-refractivity contribution in [2.24, 2.45) is 5.14 Å². The smallest absolute Gasteiger partial charge is 0.300 e. The van der Waals surface area contributed by atoms with Crippen molar-refractivity contribution in [3.05, 3.63) is 95.1 Å². The number of fused-ring (bicyclic) bond motifs is 1. The Kier molecular flexibility index (Phi) is 5.66. The number of aryl methyl sites for hydroxylation is 1. The number of rotatable bonds is 4. The minimum Gasteiger partial charge on any atom is -0.507 e. The number of amides is 1. The van der Waals surface area contributed by atoms with E-state index in [1.54, 1.807) is 48.5 Å². The Labute approximate surface area is 202 Å². The van der Waals surface area contributed by atoms with Gasteiger partial charge in [0.25, 0.3) is 11.7 Å². The van der Waals surface area contributed by atoms with Crippen LogP contribution in [-0.2, 0) is 26.0 Å². The van der Waals surface area contributed by atoms with Crippen molar-refractivity contribution in [3.63, 3.8) is 0 Å². The molecule has 1 unspecified atom stereocenters. The van der Waals surface area contributed by atoms with Gasteiger partial charge in [0.15, 0.2) is 0 Å². The normalized spacial score (nSPS) is 19.3. The second-order valence-electron chi connectivity index (χ2n) is 8.39. The van der Waals surface area contributed by atoms with Gasteiger partial charge in [-0.1, -0.05) is 30.3 Å². The van der Waals surface area contributed by atoms with Crippen LogP contribution in [0.3, 0.4) is 0 Å². The molecule has 8 nitrogen and oxygen atoms in total. The average Bonchev–Trinajstić information content (AvgIpc) is 3.13. The van der Waals surface area contributed by atoms with E-state index < -0.39 is 27.8 Å². The first-order valence-corrected chi connectivity index (χ1v) is 12.6. The number of benzene rings is 3. The number of Topliss-reactive ketones (excluding diaryl/α,β-unsaturated/α-hetero) is 1. The number of ketones is 1. The summed E-state index contributed by atoms with van der Waals surface area (Å²) in [7, 11) is -3.93. The fourth-order valence-electron chi connectivity index (χ4n) is 4.51. The van der Waals surface area contributed by atoms with Gasteiger partial charge in [0.1, 0.15) is 11.5 Å². The van der Waals surface area contributed by atoms with Crippen molar-refractivity contribution in [3.8, 4) is 5.75 Å². The van der Waals surface area contributed by atoms with E-state index >= 15 is 0 Å². The number of nitrogens with zero attached hydrogens (tertiary/aromatic N) is 1. The quantitative estimate of drug-likeness (QED) is 0.328. The second-order valence-corrected chi connectivity index (χ2v) is 9.95. The zero-order valence-corrected chi connectivity index (χ0v) is 19.4. The average molecular weight is 491 g/mol. The van der Waals surface area contributed by atoms with Gasteiger partial charge in [0.05, 0.1) is 23.1 Å². The zero-order chi connectivity index (χ0) is 24.7. The summed E-state index contributed by atoms with van der Waals surface area (Å²) in [5.74, 6) is -1.21. The molecule has 0 bridgehead atoms.